The van der Waals surface area contributed by atoms with Gasteiger partial charge in [0.1, 0.15) is 28.6 Å². The molecule has 1 heterocycles. The van der Waals surface area contributed by atoms with Gasteiger partial charge in [-0.1, -0.05) is 72.6 Å². The van der Waals surface area contributed by atoms with Gasteiger partial charge >= 0.3 is 0 Å². The van der Waals surface area contributed by atoms with Crippen LogP contribution in [-0.2, 0) is 6.42 Å². The summed E-state index contributed by atoms with van der Waals surface area (Å²) in [5.74, 6) is 3.61. The van der Waals surface area contributed by atoms with Crippen LogP contribution < -0.4 is 4.74 Å². The number of phenolic OH excluding ortho intramolecular Hbond substituents is 3. The summed E-state index contributed by atoms with van der Waals surface area (Å²) >= 11 is 0. The highest BCUT2D eigenvalue weighted by Gasteiger charge is 2.36. The highest BCUT2D eigenvalue weighted by atomic mass is 16.5. The Morgan fingerprint density at radius 2 is 1.32 bits per heavy atom. The highest BCUT2D eigenvalue weighted by molar-refractivity contribution is 5.85. The minimum atomic E-state index is -0.306. The molecule has 0 radical (unpaired) electrons. The Hall–Kier alpha value is -2.36. The van der Waals surface area contributed by atoms with Crippen molar-refractivity contribution in [3.63, 3.8) is 0 Å². The molecule has 3 N–H and O–H groups in total. The Morgan fingerprint density at radius 1 is 0.750 bits per heavy atom. The third-order valence-corrected chi connectivity index (χ3v) is 9.67. The Kier molecular flexibility index (Phi) is 10.9. The lowest BCUT2D eigenvalue weighted by Crippen LogP contribution is -2.37. The zero-order chi connectivity index (χ0) is 29.8. The average Bonchev–Trinajstić information content (AvgIpc) is 2.88. The standard InChI is InChI=1S/C36H56O4/c1-22(2)13-10-14-23(3)15-11-16-24(4)17-12-19-36(9)20-18-29-27(7)33(38)28(8)32(35(29)40-36)30-21-31(37)25(5)26(6)34(30)39/h21-24,37-39H,10-20H2,1-9H3/t23-,24-,36?/m1/s1. The summed E-state index contributed by atoms with van der Waals surface area (Å²) in [5, 5.41) is 32.7. The average molecular weight is 553 g/mol. The number of hydrogen-bond donors (Lipinski definition) is 3. The molecule has 4 heteroatoms. The second-order valence-electron chi connectivity index (χ2n) is 13.7. The van der Waals surface area contributed by atoms with Crippen LogP contribution >= 0.6 is 0 Å². The van der Waals surface area contributed by atoms with Crippen LogP contribution in [0, 0.1) is 45.4 Å². The van der Waals surface area contributed by atoms with Crippen LogP contribution in [0.2, 0.25) is 0 Å². The quantitative estimate of drug-likeness (QED) is 0.216. The lowest BCUT2D eigenvalue weighted by molar-refractivity contribution is 0.0527. The second kappa shape index (κ2) is 13.5. The van der Waals surface area contributed by atoms with E-state index in [-0.39, 0.29) is 22.8 Å². The number of benzene rings is 2. The fraction of sp³-hybridized carbons (Fsp3) is 0.667. The minimum absolute atomic E-state index is 0.128. The third kappa shape index (κ3) is 7.47. The molecule has 0 saturated heterocycles. The third-order valence-electron chi connectivity index (χ3n) is 9.67. The van der Waals surface area contributed by atoms with E-state index >= 15 is 0 Å². The molecule has 40 heavy (non-hydrogen) atoms. The van der Waals surface area contributed by atoms with Crippen LogP contribution in [0.4, 0.5) is 0 Å². The Morgan fingerprint density at radius 3 is 1.93 bits per heavy atom. The number of phenols is 3. The second-order valence-corrected chi connectivity index (χ2v) is 13.7. The summed E-state index contributed by atoms with van der Waals surface area (Å²) in [4.78, 5) is 0. The number of aromatic hydroxyl groups is 3. The predicted octanol–water partition coefficient (Wildman–Crippen LogP) is 10.2. The molecule has 0 fully saturated rings. The van der Waals surface area contributed by atoms with Crippen LogP contribution in [0.5, 0.6) is 23.0 Å². The van der Waals surface area contributed by atoms with Crippen molar-refractivity contribution in [2.24, 2.45) is 17.8 Å². The first-order chi connectivity index (χ1) is 18.8. The maximum atomic E-state index is 11.1. The van der Waals surface area contributed by atoms with Crippen molar-refractivity contribution in [1.29, 1.82) is 0 Å². The van der Waals surface area contributed by atoms with Gasteiger partial charge in [-0.2, -0.15) is 0 Å². The van der Waals surface area contributed by atoms with Crippen LogP contribution in [0.1, 0.15) is 127 Å². The van der Waals surface area contributed by atoms with Crippen molar-refractivity contribution < 1.29 is 20.1 Å². The molecule has 1 unspecified atom stereocenters. The Labute approximate surface area is 244 Å². The maximum absolute atomic E-state index is 11.1. The Bertz CT molecular complexity index is 1160. The fourth-order valence-corrected chi connectivity index (χ4v) is 6.51. The first kappa shape index (κ1) is 32.2. The van der Waals surface area contributed by atoms with Crippen molar-refractivity contribution >= 4 is 0 Å². The molecular weight excluding hydrogens is 496 g/mol. The minimum Gasteiger partial charge on any atom is -0.508 e. The van der Waals surface area contributed by atoms with Crippen molar-refractivity contribution in [2.75, 3.05) is 0 Å². The number of rotatable bonds is 13. The van der Waals surface area contributed by atoms with Gasteiger partial charge in [-0.25, -0.2) is 0 Å². The van der Waals surface area contributed by atoms with E-state index in [9.17, 15) is 15.3 Å². The molecule has 2 aromatic carbocycles. The van der Waals surface area contributed by atoms with Crippen molar-refractivity contribution in [3.05, 3.63) is 33.9 Å². The molecule has 0 bridgehead atoms. The molecule has 224 valence electrons. The van der Waals surface area contributed by atoms with Gasteiger partial charge in [-0.05, 0) is 101 Å². The SMILES string of the molecule is Cc1c(O)cc(-c2c(C)c(O)c(C)c3c2OC(C)(CCC[C@H](C)CCC[C@H](C)CCCC(C)C)CC3)c(O)c1C. The van der Waals surface area contributed by atoms with Gasteiger partial charge in [0.2, 0.25) is 0 Å². The topological polar surface area (TPSA) is 69.9 Å². The van der Waals surface area contributed by atoms with E-state index in [1.807, 2.05) is 20.8 Å². The van der Waals surface area contributed by atoms with Gasteiger partial charge in [0.25, 0.3) is 0 Å². The van der Waals surface area contributed by atoms with Crippen LogP contribution in [-0.4, -0.2) is 20.9 Å². The molecule has 0 spiro atoms. The van der Waals surface area contributed by atoms with E-state index in [0.717, 1.165) is 60.3 Å². The summed E-state index contributed by atoms with van der Waals surface area (Å²) in [6.45, 7) is 19.1. The lowest BCUT2D eigenvalue weighted by atomic mass is 9.82. The smallest absolute Gasteiger partial charge is 0.132 e. The maximum Gasteiger partial charge on any atom is 0.132 e. The monoisotopic (exact) mass is 552 g/mol. The van der Waals surface area contributed by atoms with Crippen molar-refractivity contribution in [1.82, 2.24) is 0 Å². The van der Waals surface area contributed by atoms with Gasteiger partial charge in [0.05, 0.1) is 0 Å². The fourth-order valence-electron chi connectivity index (χ4n) is 6.51. The summed E-state index contributed by atoms with van der Waals surface area (Å²) in [5.41, 5.74) is 4.72. The number of ether oxygens (including phenoxy) is 1. The van der Waals surface area contributed by atoms with Gasteiger partial charge in [0.15, 0.2) is 0 Å². The van der Waals surface area contributed by atoms with Gasteiger partial charge in [0, 0.05) is 22.3 Å². The molecular formula is C36H56O4. The van der Waals surface area contributed by atoms with Gasteiger partial charge in [-0.15, -0.1) is 0 Å². The Balaban J connectivity index is 1.68. The van der Waals surface area contributed by atoms with E-state index in [2.05, 4.69) is 34.6 Å². The van der Waals surface area contributed by atoms with Crippen LogP contribution in [0.15, 0.2) is 6.07 Å². The predicted molar refractivity (Wildman–Crippen MR) is 168 cm³/mol. The summed E-state index contributed by atoms with van der Waals surface area (Å²) in [6, 6.07) is 1.61. The van der Waals surface area contributed by atoms with E-state index in [0.29, 0.717) is 27.8 Å². The van der Waals surface area contributed by atoms with E-state index < -0.39 is 0 Å². The zero-order valence-corrected chi connectivity index (χ0v) is 26.8. The van der Waals surface area contributed by atoms with E-state index in [1.54, 1.807) is 13.0 Å². The highest BCUT2D eigenvalue weighted by Crippen LogP contribution is 2.52. The van der Waals surface area contributed by atoms with E-state index in [4.69, 9.17) is 4.74 Å². The molecule has 3 rings (SSSR count). The normalized spacial score (nSPS) is 18.4. The molecule has 4 nitrogen and oxygen atoms in total. The van der Waals surface area contributed by atoms with Crippen LogP contribution in [0.25, 0.3) is 11.1 Å². The summed E-state index contributed by atoms with van der Waals surface area (Å²) in [7, 11) is 0. The molecule has 0 amide bonds. The summed E-state index contributed by atoms with van der Waals surface area (Å²) in [6.07, 6.45) is 13.1. The first-order valence-electron chi connectivity index (χ1n) is 15.8. The molecule has 0 aromatic heterocycles. The molecule has 0 saturated carbocycles. The largest absolute Gasteiger partial charge is 0.508 e. The molecule has 1 aliphatic rings. The van der Waals surface area contributed by atoms with Crippen molar-refractivity contribution in [2.45, 2.75) is 139 Å². The molecule has 0 aliphatic carbocycles. The molecule has 3 atom stereocenters. The van der Waals surface area contributed by atoms with Gasteiger partial charge in [-0.3, -0.25) is 0 Å². The van der Waals surface area contributed by atoms with Gasteiger partial charge < -0.3 is 20.1 Å². The lowest BCUT2D eigenvalue weighted by Gasteiger charge is -2.39. The number of hydrogen-bond acceptors (Lipinski definition) is 4. The van der Waals surface area contributed by atoms with Crippen LogP contribution in [0.3, 0.4) is 0 Å². The first-order valence-corrected chi connectivity index (χ1v) is 15.8. The molecule has 2 aromatic rings. The zero-order valence-electron chi connectivity index (χ0n) is 26.8. The summed E-state index contributed by atoms with van der Waals surface area (Å²) < 4.78 is 6.83. The van der Waals surface area contributed by atoms with Crippen molar-refractivity contribution in [3.8, 4) is 34.1 Å². The number of fused-ring (bicyclic) bond motifs is 1. The van der Waals surface area contributed by atoms with E-state index in [1.165, 1.54) is 44.9 Å². The molecule has 1 aliphatic heterocycles.